The minimum Gasteiger partial charge on any atom is -0.495 e. The van der Waals surface area contributed by atoms with Gasteiger partial charge in [0.05, 0.1) is 24.7 Å². The molecule has 6 nitrogen and oxygen atoms in total. The van der Waals surface area contributed by atoms with Crippen molar-refractivity contribution in [1.29, 1.82) is 0 Å². The van der Waals surface area contributed by atoms with Crippen LogP contribution in [0.25, 0.3) is 0 Å². The Morgan fingerprint density at radius 1 is 1.45 bits per heavy atom. The Bertz CT molecular complexity index is 623. The molecule has 2 rings (SSSR count). The topological polar surface area (TPSA) is 81.7 Å². The second-order valence-electron chi connectivity index (χ2n) is 5.30. The number of carbonyl (C=O) groups is 1. The van der Waals surface area contributed by atoms with Crippen LogP contribution in [0.1, 0.15) is 19.8 Å². The highest BCUT2D eigenvalue weighted by molar-refractivity contribution is 7.92. The van der Waals surface area contributed by atoms with Gasteiger partial charge in [-0.1, -0.05) is 12.1 Å². The molecule has 22 heavy (non-hydrogen) atoms. The SMILES string of the molecule is COc1ccccc1NC(=O)[C@H](C)S(=O)(=O)C[C@H]1CCCO1. The molecular weight excluding hydrogens is 306 g/mol. The molecule has 0 radical (unpaired) electrons. The van der Waals surface area contributed by atoms with Crippen LogP contribution in [0.15, 0.2) is 24.3 Å². The van der Waals surface area contributed by atoms with Crippen LogP contribution >= 0.6 is 0 Å². The summed E-state index contributed by atoms with van der Waals surface area (Å²) in [6.07, 6.45) is 1.29. The fourth-order valence-electron chi connectivity index (χ4n) is 2.32. The van der Waals surface area contributed by atoms with Crippen molar-refractivity contribution in [3.63, 3.8) is 0 Å². The lowest BCUT2D eigenvalue weighted by Gasteiger charge is -2.17. The minimum atomic E-state index is -3.56. The lowest BCUT2D eigenvalue weighted by molar-refractivity contribution is -0.115. The van der Waals surface area contributed by atoms with E-state index in [1.54, 1.807) is 24.3 Å². The van der Waals surface area contributed by atoms with Crippen LogP contribution in [0.4, 0.5) is 5.69 Å². The van der Waals surface area contributed by atoms with Gasteiger partial charge < -0.3 is 14.8 Å². The zero-order chi connectivity index (χ0) is 16.2. The van der Waals surface area contributed by atoms with Crippen molar-refractivity contribution in [3.05, 3.63) is 24.3 Å². The van der Waals surface area contributed by atoms with Gasteiger partial charge in [0.25, 0.3) is 0 Å². The summed E-state index contributed by atoms with van der Waals surface area (Å²) in [5, 5.41) is 1.47. The molecule has 2 atom stereocenters. The number of methoxy groups -OCH3 is 1. The smallest absolute Gasteiger partial charge is 0.242 e. The molecule has 0 aliphatic carbocycles. The van der Waals surface area contributed by atoms with Gasteiger partial charge in [-0.15, -0.1) is 0 Å². The zero-order valence-corrected chi connectivity index (χ0v) is 13.6. The Kier molecular flexibility index (Phi) is 5.42. The van der Waals surface area contributed by atoms with Crippen LogP contribution < -0.4 is 10.1 Å². The number of nitrogens with one attached hydrogen (secondary N) is 1. The van der Waals surface area contributed by atoms with E-state index in [0.717, 1.165) is 12.8 Å². The van der Waals surface area contributed by atoms with E-state index >= 15 is 0 Å². The fraction of sp³-hybridized carbons (Fsp3) is 0.533. The maximum Gasteiger partial charge on any atom is 0.242 e. The second-order valence-corrected chi connectivity index (χ2v) is 7.66. The molecule has 122 valence electrons. The number of amides is 1. The normalized spacial score (nSPS) is 19.6. The van der Waals surface area contributed by atoms with Gasteiger partial charge in [0, 0.05) is 6.61 Å². The highest BCUT2D eigenvalue weighted by Crippen LogP contribution is 2.24. The van der Waals surface area contributed by atoms with E-state index in [-0.39, 0.29) is 11.9 Å². The number of para-hydroxylation sites is 2. The van der Waals surface area contributed by atoms with Gasteiger partial charge in [-0.2, -0.15) is 0 Å². The molecule has 1 fully saturated rings. The van der Waals surface area contributed by atoms with Crippen LogP contribution in [-0.2, 0) is 19.4 Å². The van der Waals surface area contributed by atoms with E-state index < -0.39 is 21.0 Å². The average Bonchev–Trinajstić information content (AvgIpc) is 2.99. The summed E-state index contributed by atoms with van der Waals surface area (Å²) in [6, 6.07) is 6.87. The van der Waals surface area contributed by atoms with E-state index in [4.69, 9.17) is 9.47 Å². The number of ether oxygens (including phenoxy) is 2. The summed E-state index contributed by atoms with van der Waals surface area (Å²) in [4.78, 5) is 12.2. The maximum atomic E-state index is 12.3. The first kappa shape index (κ1) is 16.8. The molecule has 0 unspecified atom stereocenters. The van der Waals surface area contributed by atoms with Gasteiger partial charge in [0.15, 0.2) is 9.84 Å². The van der Waals surface area contributed by atoms with Gasteiger partial charge in [-0.25, -0.2) is 8.42 Å². The number of anilines is 1. The summed E-state index contributed by atoms with van der Waals surface area (Å²) in [7, 11) is -2.07. The van der Waals surface area contributed by atoms with Crippen molar-refractivity contribution in [1.82, 2.24) is 0 Å². The molecule has 1 N–H and O–H groups in total. The highest BCUT2D eigenvalue weighted by Gasteiger charge is 2.32. The van der Waals surface area contributed by atoms with Crippen molar-refractivity contribution in [3.8, 4) is 5.75 Å². The van der Waals surface area contributed by atoms with Crippen LogP contribution in [0.3, 0.4) is 0 Å². The van der Waals surface area contributed by atoms with Crippen molar-refractivity contribution in [2.24, 2.45) is 0 Å². The molecule has 0 aromatic heterocycles. The number of carbonyl (C=O) groups excluding carboxylic acids is 1. The molecule has 1 aliphatic heterocycles. The molecule has 7 heteroatoms. The molecule has 1 aromatic carbocycles. The van der Waals surface area contributed by atoms with Crippen molar-refractivity contribution >= 4 is 21.4 Å². The first-order valence-corrected chi connectivity index (χ1v) is 8.92. The van der Waals surface area contributed by atoms with E-state index in [1.807, 2.05) is 0 Å². The number of benzene rings is 1. The molecule has 1 saturated heterocycles. The summed E-state index contributed by atoms with van der Waals surface area (Å²) in [5.74, 6) is -0.199. The van der Waals surface area contributed by atoms with E-state index in [1.165, 1.54) is 14.0 Å². The molecular formula is C15H21NO5S. The second kappa shape index (κ2) is 7.11. The zero-order valence-electron chi connectivity index (χ0n) is 12.7. The Balaban J connectivity index is 2.04. The predicted octanol–water partition coefficient (Wildman–Crippen LogP) is 1.62. The van der Waals surface area contributed by atoms with Crippen molar-refractivity contribution in [2.45, 2.75) is 31.1 Å². The van der Waals surface area contributed by atoms with E-state index in [0.29, 0.717) is 18.0 Å². The first-order chi connectivity index (χ1) is 10.4. The summed E-state index contributed by atoms with van der Waals surface area (Å²) in [6.45, 7) is 1.98. The number of hydrogen-bond donors (Lipinski definition) is 1. The van der Waals surface area contributed by atoms with Gasteiger partial charge in [0.2, 0.25) is 5.91 Å². The monoisotopic (exact) mass is 327 g/mol. The average molecular weight is 327 g/mol. The summed E-state index contributed by atoms with van der Waals surface area (Å²) >= 11 is 0. The van der Waals surface area contributed by atoms with Crippen LogP contribution in [0.2, 0.25) is 0 Å². The molecule has 0 spiro atoms. The molecule has 0 bridgehead atoms. The third-order valence-electron chi connectivity index (χ3n) is 3.71. The van der Waals surface area contributed by atoms with Crippen molar-refractivity contribution in [2.75, 3.05) is 24.8 Å². The van der Waals surface area contributed by atoms with Gasteiger partial charge in [0.1, 0.15) is 11.0 Å². The Morgan fingerprint density at radius 2 is 2.18 bits per heavy atom. The fourth-order valence-corrected chi connectivity index (χ4v) is 3.78. The minimum absolute atomic E-state index is 0.118. The summed E-state index contributed by atoms with van der Waals surface area (Å²) in [5.41, 5.74) is 0.453. The molecule has 1 aromatic rings. The third kappa shape index (κ3) is 3.98. The largest absolute Gasteiger partial charge is 0.495 e. The standard InChI is InChI=1S/C15H21NO5S/c1-11(22(18,19)10-12-6-5-9-21-12)15(17)16-13-7-3-4-8-14(13)20-2/h3-4,7-8,11-12H,5-6,9-10H2,1-2H3,(H,16,17)/t11-,12+/m0/s1. The van der Waals surface area contributed by atoms with Gasteiger partial charge >= 0.3 is 0 Å². The summed E-state index contributed by atoms with van der Waals surface area (Å²) < 4.78 is 35.1. The number of rotatable bonds is 6. The maximum absolute atomic E-state index is 12.3. The predicted molar refractivity (Wildman–Crippen MR) is 83.8 cm³/mol. The van der Waals surface area contributed by atoms with Gasteiger partial charge in [-0.3, -0.25) is 4.79 Å². The Hall–Kier alpha value is -1.60. The molecule has 1 heterocycles. The lowest BCUT2D eigenvalue weighted by Crippen LogP contribution is -2.37. The highest BCUT2D eigenvalue weighted by atomic mass is 32.2. The van der Waals surface area contributed by atoms with Crippen LogP contribution in [0, 0.1) is 0 Å². The van der Waals surface area contributed by atoms with Crippen LogP contribution in [0.5, 0.6) is 5.75 Å². The first-order valence-electron chi connectivity index (χ1n) is 7.21. The Morgan fingerprint density at radius 3 is 2.82 bits per heavy atom. The van der Waals surface area contributed by atoms with E-state index in [9.17, 15) is 13.2 Å². The molecule has 1 amide bonds. The van der Waals surface area contributed by atoms with Crippen molar-refractivity contribution < 1.29 is 22.7 Å². The van der Waals surface area contributed by atoms with E-state index in [2.05, 4.69) is 5.32 Å². The lowest BCUT2D eigenvalue weighted by atomic mass is 10.3. The van der Waals surface area contributed by atoms with Gasteiger partial charge in [-0.05, 0) is 31.9 Å². The molecule has 0 saturated carbocycles. The Labute approximate surface area is 130 Å². The third-order valence-corrected chi connectivity index (χ3v) is 5.84. The quantitative estimate of drug-likeness (QED) is 0.858. The number of hydrogen-bond acceptors (Lipinski definition) is 5. The van der Waals surface area contributed by atoms with Crippen LogP contribution in [-0.4, -0.2) is 45.1 Å². The molecule has 1 aliphatic rings. The number of sulfone groups is 1.